The lowest BCUT2D eigenvalue weighted by Crippen LogP contribution is -2.53. The zero-order valence-electron chi connectivity index (χ0n) is 21.6. The molecule has 7 rings (SSSR count). The number of fused-ring (bicyclic) bond motifs is 5. The Morgan fingerprint density at radius 1 is 1.00 bits per heavy atom. The van der Waals surface area contributed by atoms with E-state index in [1.165, 1.54) is 83.1 Å². The minimum Gasteiger partial charge on any atom is -0.299 e. The first-order valence-electron chi connectivity index (χ1n) is 14.8. The van der Waals surface area contributed by atoms with Crippen molar-refractivity contribution in [1.29, 1.82) is 0 Å². The van der Waals surface area contributed by atoms with Gasteiger partial charge in [0.25, 0.3) is 0 Å². The number of benzene rings is 1. The fourth-order valence-corrected chi connectivity index (χ4v) is 11.0. The summed E-state index contributed by atoms with van der Waals surface area (Å²) >= 11 is 0. The molecule has 35 heavy (non-hydrogen) atoms. The SMILES string of the molecule is CCCCC12CCC(C)CC1CCC1C2CCC23C1CCC2C3CN1NNc2c1ccc(F)c2F. The maximum atomic E-state index is 14.3. The molecule has 5 saturated carbocycles. The second-order valence-corrected chi connectivity index (χ2v) is 13.4. The van der Waals surface area contributed by atoms with Crippen molar-refractivity contribution in [1.82, 2.24) is 5.53 Å². The lowest BCUT2D eigenvalue weighted by atomic mass is 9.44. The topological polar surface area (TPSA) is 27.3 Å². The number of nitrogens with one attached hydrogen (secondary N) is 2. The Hall–Kier alpha value is -1.36. The fraction of sp³-hybridized carbons (Fsp3) is 0.800. The van der Waals surface area contributed by atoms with Crippen LogP contribution in [0.4, 0.5) is 20.2 Å². The third-order valence-corrected chi connectivity index (χ3v) is 12.4. The van der Waals surface area contributed by atoms with Gasteiger partial charge in [0.2, 0.25) is 0 Å². The normalized spacial score (nSPS) is 45.1. The zero-order chi connectivity index (χ0) is 23.9. The second kappa shape index (κ2) is 8.07. The maximum Gasteiger partial charge on any atom is 0.185 e. The average Bonchev–Trinajstić information content (AvgIpc) is 3.16. The highest BCUT2D eigenvalue weighted by molar-refractivity contribution is 5.73. The molecule has 9 unspecified atom stereocenters. The van der Waals surface area contributed by atoms with Gasteiger partial charge in [-0.05, 0) is 122 Å². The highest BCUT2D eigenvalue weighted by Gasteiger charge is 2.74. The van der Waals surface area contributed by atoms with E-state index in [9.17, 15) is 8.78 Å². The molecule has 2 N–H and O–H groups in total. The standard InChI is InChI=1S/C30H43F2N3/c1-3-4-13-29-14-11-18(2)16-19(29)5-6-20-21(29)12-15-30-22(20)7-8-23(30)24(30)17-35-26-10-9-25(31)27(32)28(26)33-34-35/h9-10,18-24,33-34H,3-8,11-17H2,1-2H3. The average molecular weight is 484 g/mol. The van der Waals surface area contributed by atoms with Crippen LogP contribution in [0.1, 0.15) is 90.9 Å². The van der Waals surface area contributed by atoms with Crippen LogP contribution in [0, 0.1) is 63.9 Å². The van der Waals surface area contributed by atoms with E-state index in [1.54, 1.807) is 6.07 Å². The summed E-state index contributed by atoms with van der Waals surface area (Å²) in [4.78, 5) is 0. The third kappa shape index (κ3) is 3.09. The highest BCUT2D eigenvalue weighted by Crippen LogP contribution is 2.80. The Balaban J connectivity index is 1.12. The first-order chi connectivity index (χ1) is 17.0. The van der Waals surface area contributed by atoms with Crippen molar-refractivity contribution in [2.45, 2.75) is 90.9 Å². The molecule has 1 aliphatic heterocycles. The zero-order valence-corrected chi connectivity index (χ0v) is 21.6. The molecule has 5 heteroatoms. The summed E-state index contributed by atoms with van der Waals surface area (Å²) in [7, 11) is 0. The smallest absolute Gasteiger partial charge is 0.185 e. The van der Waals surface area contributed by atoms with Gasteiger partial charge in [0.15, 0.2) is 11.6 Å². The van der Waals surface area contributed by atoms with Crippen LogP contribution in [-0.2, 0) is 0 Å². The molecule has 1 aromatic carbocycles. The van der Waals surface area contributed by atoms with E-state index in [0.717, 1.165) is 47.7 Å². The molecule has 6 aliphatic rings. The summed E-state index contributed by atoms with van der Waals surface area (Å²) in [5.41, 5.74) is 8.21. The molecule has 1 aromatic rings. The number of hydrazine groups is 2. The first-order valence-corrected chi connectivity index (χ1v) is 14.8. The van der Waals surface area contributed by atoms with Crippen molar-refractivity contribution in [2.75, 3.05) is 17.0 Å². The third-order valence-electron chi connectivity index (χ3n) is 12.4. The summed E-state index contributed by atoms with van der Waals surface area (Å²) < 4.78 is 28.0. The van der Waals surface area contributed by atoms with Gasteiger partial charge in [-0.1, -0.05) is 33.1 Å². The number of nitrogens with zero attached hydrogens (tertiary/aromatic N) is 1. The Bertz CT molecular complexity index is 994. The Morgan fingerprint density at radius 3 is 2.71 bits per heavy atom. The van der Waals surface area contributed by atoms with E-state index < -0.39 is 11.6 Å². The molecule has 1 spiro atoms. The molecule has 3 nitrogen and oxygen atoms in total. The van der Waals surface area contributed by atoms with Gasteiger partial charge in [0.1, 0.15) is 5.69 Å². The molecule has 1 heterocycles. The minimum absolute atomic E-state index is 0.260. The Kier molecular flexibility index (Phi) is 5.26. The molecule has 192 valence electrons. The monoisotopic (exact) mass is 483 g/mol. The summed E-state index contributed by atoms with van der Waals surface area (Å²) in [5, 5.41) is 2.06. The lowest BCUT2D eigenvalue weighted by molar-refractivity contribution is -0.117. The molecule has 5 aliphatic carbocycles. The minimum atomic E-state index is -0.787. The number of rotatable bonds is 5. The Morgan fingerprint density at radius 2 is 1.86 bits per heavy atom. The molecule has 5 fully saturated rings. The van der Waals surface area contributed by atoms with Gasteiger partial charge in [0.05, 0.1) is 5.69 Å². The maximum absolute atomic E-state index is 14.3. The van der Waals surface area contributed by atoms with Crippen LogP contribution >= 0.6 is 0 Å². The number of hydrogen-bond donors (Lipinski definition) is 2. The number of hydrogen-bond acceptors (Lipinski definition) is 3. The van der Waals surface area contributed by atoms with Crippen LogP contribution < -0.4 is 16.0 Å². The quantitative estimate of drug-likeness (QED) is 0.449. The van der Waals surface area contributed by atoms with Crippen molar-refractivity contribution in [3.05, 3.63) is 23.8 Å². The lowest BCUT2D eigenvalue weighted by Gasteiger charge is -2.61. The van der Waals surface area contributed by atoms with Gasteiger partial charge in [-0.3, -0.25) is 10.4 Å². The van der Waals surface area contributed by atoms with E-state index >= 15 is 0 Å². The van der Waals surface area contributed by atoms with Gasteiger partial charge in [-0.2, -0.15) is 0 Å². The second-order valence-electron chi connectivity index (χ2n) is 13.4. The van der Waals surface area contributed by atoms with Crippen molar-refractivity contribution in [2.24, 2.45) is 52.3 Å². The van der Waals surface area contributed by atoms with Crippen LogP contribution in [0.3, 0.4) is 0 Å². The molecular formula is C30H43F2N3. The summed E-state index contributed by atoms with van der Waals surface area (Å²) in [6, 6.07) is 2.98. The van der Waals surface area contributed by atoms with Crippen LogP contribution in [0.25, 0.3) is 0 Å². The van der Waals surface area contributed by atoms with E-state index in [2.05, 4.69) is 29.8 Å². The van der Waals surface area contributed by atoms with E-state index in [0.29, 0.717) is 16.7 Å². The van der Waals surface area contributed by atoms with E-state index in [1.807, 2.05) is 0 Å². The molecule has 0 aromatic heterocycles. The van der Waals surface area contributed by atoms with Crippen molar-refractivity contribution in [3.63, 3.8) is 0 Å². The molecule has 0 radical (unpaired) electrons. The number of halogens is 2. The highest BCUT2D eigenvalue weighted by atomic mass is 19.2. The van der Waals surface area contributed by atoms with Gasteiger partial charge in [-0.25, -0.2) is 8.78 Å². The fourth-order valence-electron chi connectivity index (χ4n) is 11.0. The molecule has 9 atom stereocenters. The van der Waals surface area contributed by atoms with Crippen LogP contribution in [-0.4, -0.2) is 6.54 Å². The van der Waals surface area contributed by atoms with Crippen LogP contribution in [0.15, 0.2) is 12.1 Å². The molecule has 0 bridgehead atoms. The first kappa shape index (κ1) is 22.8. The van der Waals surface area contributed by atoms with Gasteiger partial charge in [-0.15, -0.1) is 5.53 Å². The predicted octanol–water partition coefficient (Wildman–Crippen LogP) is 7.69. The summed E-state index contributed by atoms with van der Waals surface area (Å²) in [6.45, 7) is 5.79. The van der Waals surface area contributed by atoms with E-state index in [4.69, 9.17) is 0 Å². The number of unbranched alkanes of at least 4 members (excludes halogenated alkanes) is 1. The van der Waals surface area contributed by atoms with Gasteiger partial charge < -0.3 is 0 Å². The van der Waals surface area contributed by atoms with E-state index in [-0.39, 0.29) is 5.69 Å². The molecule has 0 saturated heterocycles. The Labute approximate surface area is 209 Å². The van der Waals surface area contributed by atoms with Crippen molar-refractivity contribution in [3.8, 4) is 0 Å². The van der Waals surface area contributed by atoms with Crippen molar-refractivity contribution >= 4 is 11.4 Å². The van der Waals surface area contributed by atoms with Gasteiger partial charge >= 0.3 is 0 Å². The summed E-state index contributed by atoms with van der Waals surface area (Å²) in [6.07, 6.45) is 17.3. The largest absolute Gasteiger partial charge is 0.299 e. The van der Waals surface area contributed by atoms with Gasteiger partial charge in [0, 0.05) is 6.54 Å². The molecule has 0 amide bonds. The summed E-state index contributed by atoms with van der Waals surface area (Å²) in [5.74, 6) is 4.65. The predicted molar refractivity (Wildman–Crippen MR) is 137 cm³/mol. The number of anilines is 2. The molecular weight excluding hydrogens is 440 g/mol. The van der Waals surface area contributed by atoms with Crippen LogP contribution in [0.2, 0.25) is 0 Å². The van der Waals surface area contributed by atoms with Crippen LogP contribution in [0.5, 0.6) is 0 Å². The van der Waals surface area contributed by atoms with Crippen molar-refractivity contribution < 1.29 is 8.78 Å².